The number of likely N-dealkylation sites (N-methyl/N-ethyl adjacent to an activating group) is 1. The number of benzene rings is 3. The number of aryl methyl sites for hydroxylation is 1. The Hall–Kier alpha value is -3.43. The molecular formula is C28H31ClFN3O4S. The van der Waals surface area contributed by atoms with E-state index in [-0.39, 0.29) is 23.0 Å². The zero-order valence-corrected chi connectivity index (χ0v) is 23.1. The van der Waals surface area contributed by atoms with Gasteiger partial charge in [0.25, 0.3) is 10.0 Å². The molecule has 10 heteroatoms. The minimum atomic E-state index is -4.18. The highest BCUT2D eigenvalue weighted by atomic mass is 35.5. The third-order valence-corrected chi connectivity index (χ3v) is 8.01. The van der Waals surface area contributed by atoms with Gasteiger partial charge in [0.1, 0.15) is 18.4 Å². The highest BCUT2D eigenvalue weighted by Crippen LogP contribution is 2.27. The smallest absolute Gasteiger partial charge is 0.264 e. The molecule has 0 bridgehead atoms. The van der Waals surface area contributed by atoms with Gasteiger partial charge in [0, 0.05) is 18.1 Å². The summed E-state index contributed by atoms with van der Waals surface area (Å²) in [6, 6.07) is 17.2. The van der Waals surface area contributed by atoms with Crippen LogP contribution in [0.15, 0.2) is 77.7 Å². The average molecular weight is 560 g/mol. The van der Waals surface area contributed by atoms with Crippen molar-refractivity contribution in [1.29, 1.82) is 0 Å². The van der Waals surface area contributed by atoms with Crippen LogP contribution in [0.2, 0.25) is 5.02 Å². The van der Waals surface area contributed by atoms with E-state index in [1.165, 1.54) is 47.4 Å². The van der Waals surface area contributed by atoms with Crippen LogP contribution >= 0.6 is 11.6 Å². The summed E-state index contributed by atoms with van der Waals surface area (Å²) in [7, 11) is -4.18. The van der Waals surface area contributed by atoms with Gasteiger partial charge >= 0.3 is 0 Å². The Morgan fingerprint density at radius 1 is 1.00 bits per heavy atom. The number of carbonyl (C=O) groups excluding carboxylic acids is 2. The summed E-state index contributed by atoms with van der Waals surface area (Å²) >= 11 is 6.17. The Morgan fingerprint density at radius 2 is 1.66 bits per heavy atom. The van der Waals surface area contributed by atoms with Crippen LogP contribution in [0.25, 0.3) is 0 Å². The molecule has 7 nitrogen and oxygen atoms in total. The van der Waals surface area contributed by atoms with E-state index < -0.39 is 34.3 Å². The van der Waals surface area contributed by atoms with Gasteiger partial charge in [0.2, 0.25) is 11.8 Å². The molecule has 0 fully saturated rings. The zero-order chi connectivity index (χ0) is 27.9. The summed E-state index contributed by atoms with van der Waals surface area (Å²) in [5.74, 6) is -1.39. The molecule has 0 aliphatic carbocycles. The molecule has 1 N–H and O–H groups in total. The van der Waals surface area contributed by atoms with Crippen molar-refractivity contribution in [2.24, 2.45) is 0 Å². The molecule has 0 spiro atoms. The van der Waals surface area contributed by atoms with Gasteiger partial charge < -0.3 is 10.2 Å². The van der Waals surface area contributed by atoms with E-state index in [2.05, 4.69) is 5.32 Å². The van der Waals surface area contributed by atoms with E-state index in [9.17, 15) is 22.4 Å². The molecule has 1 unspecified atom stereocenters. The quantitative estimate of drug-likeness (QED) is 0.361. The Kier molecular flexibility index (Phi) is 9.88. The van der Waals surface area contributed by atoms with Gasteiger partial charge in [-0.25, -0.2) is 12.8 Å². The lowest BCUT2D eigenvalue weighted by molar-refractivity contribution is -0.140. The highest BCUT2D eigenvalue weighted by Gasteiger charge is 2.33. The Bertz CT molecular complexity index is 1370. The van der Waals surface area contributed by atoms with E-state index in [0.29, 0.717) is 23.6 Å². The fourth-order valence-electron chi connectivity index (χ4n) is 4.00. The molecule has 0 aromatic heterocycles. The summed E-state index contributed by atoms with van der Waals surface area (Å²) in [5, 5.41) is 3.04. The molecule has 0 saturated carbocycles. The van der Waals surface area contributed by atoms with E-state index in [4.69, 9.17) is 11.6 Å². The van der Waals surface area contributed by atoms with Crippen molar-refractivity contribution in [3.63, 3.8) is 0 Å². The maximum atomic E-state index is 13.9. The normalized spacial score (nSPS) is 12.0. The molecule has 1 atom stereocenters. The van der Waals surface area contributed by atoms with Gasteiger partial charge in [-0.1, -0.05) is 54.4 Å². The lowest BCUT2D eigenvalue weighted by Crippen LogP contribution is -2.52. The number of amides is 2. The van der Waals surface area contributed by atoms with Gasteiger partial charge in [0.05, 0.1) is 10.6 Å². The first kappa shape index (κ1) is 29.1. The Balaban J connectivity index is 2.05. The van der Waals surface area contributed by atoms with Gasteiger partial charge in [-0.15, -0.1) is 0 Å². The molecule has 0 aliphatic rings. The van der Waals surface area contributed by atoms with E-state index in [1.54, 1.807) is 44.2 Å². The SMILES string of the molecule is CCNC(=O)C(CC)N(Cc1ccc(F)cc1)C(=O)CN(c1cccc(Cl)c1)S(=O)(=O)c1ccc(C)cc1. The van der Waals surface area contributed by atoms with Crippen LogP contribution in [-0.2, 0) is 26.2 Å². The van der Waals surface area contributed by atoms with Crippen molar-refractivity contribution in [3.8, 4) is 0 Å². The second-order valence-electron chi connectivity index (χ2n) is 8.77. The Morgan fingerprint density at radius 3 is 2.24 bits per heavy atom. The number of carbonyl (C=O) groups is 2. The van der Waals surface area contributed by atoms with Crippen molar-refractivity contribution in [2.75, 3.05) is 17.4 Å². The van der Waals surface area contributed by atoms with Gasteiger partial charge in [-0.05, 0) is 68.3 Å². The molecule has 0 heterocycles. The molecule has 3 aromatic rings. The average Bonchev–Trinajstić information content (AvgIpc) is 2.88. The number of halogens is 2. The summed E-state index contributed by atoms with van der Waals surface area (Å²) in [6.45, 7) is 5.16. The number of sulfonamides is 1. The van der Waals surface area contributed by atoms with Gasteiger partial charge in [-0.2, -0.15) is 0 Å². The molecule has 2 amide bonds. The minimum absolute atomic E-state index is 0.0109. The van der Waals surface area contributed by atoms with E-state index in [1.807, 2.05) is 6.92 Å². The second kappa shape index (κ2) is 12.9. The molecule has 3 aromatic carbocycles. The predicted octanol–water partition coefficient (Wildman–Crippen LogP) is 4.93. The first-order valence-corrected chi connectivity index (χ1v) is 14.0. The number of anilines is 1. The molecule has 0 saturated heterocycles. The monoisotopic (exact) mass is 559 g/mol. The highest BCUT2D eigenvalue weighted by molar-refractivity contribution is 7.92. The lowest BCUT2D eigenvalue weighted by atomic mass is 10.1. The first-order valence-electron chi connectivity index (χ1n) is 12.2. The van der Waals surface area contributed by atoms with Crippen LogP contribution in [-0.4, -0.2) is 44.3 Å². The van der Waals surface area contributed by atoms with Gasteiger partial charge in [0.15, 0.2) is 0 Å². The zero-order valence-electron chi connectivity index (χ0n) is 21.5. The standard InChI is InChI=1S/C28H31ClFN3O4S/c1-4-26(28(35)31-5-2)32(18-21-11-13-23(30)14-12-21)27(34)19-33(24-8-6-7-22(29)17-24)38(36,37)25-15-9-20(3)10-16-25/h6-17,26H,4-5,18-19H2,1-3H3,(H,31,35). The van der Waals surface area contributed by atoms with Crippen molar-refractivity contribution in [1.82, 2.24) is 10.2 Å². The number of nitrogens with one attached hydrogen (secondary N) is 1. The van der Waals surface area contributed by atoms with Crippen LogP contribution in [0.5, 0.6) is 0 Å². The van der Waals surface area contributed by atoms with Crippen molar-refractivity contribution < 1.29 is 22.4 Å². The van der Waals surface area contributed by atoms with Crippen LogP contribution in [0.1, 0.15) is 31.4 Å². The van der Waals surface area contributed by atoms with E-state index in [0.717, 1.165) is 9.87 Å². The van der Waals surface area contributed by atoms with Crippen LogP contribution in [0.4, 0.5) is 10.1 Å². The maximum Gasteiger partial charge on any atom is 0.264 e. The van der Waals surface area contributed by atoms with Gasteiger partial charge in [-0.3, -0.25) is 13.9 Å². The molecular weight excluding hydrogens is 529 g/mol. The summed E-state index contributed by atoms with van der Waals surface area (Å²) < 4.78 is 42.1. The number of nitrogens with zero attached hydrogens (tertiary/aromatic N) is 2. The third kappa shape index (κ3) is 7.11. The maximum absolute atomic E-state index is 13.9. The number of hydrogen-bond donors (Lipinski definition) is 1. The van der Waals surface area contributed by atoms with Crippen molar-refractivity contribution in [3.05, 3.63) is 94.8 Å². The fourth-order valence-corrected chi connectivity index (χ4v) is 5.59. The molecule has 202 valence electrons. The topological polar surface area (TPSA) is 86.8 Å². The van der Waals surface area contributed by atoms with Crippen molar-refractivity contribution >= 4 is 39.1 Å². The van der Waals surface area contributed by atoms with E-state index >= 15 is 0 Å². The second-order valence-corrected chi connectivity index (χ2v) is 11.1. The fraction of sp³-hybridized carbons (Fsp3) is 0.286. The minimum Gasteiger partial charge on any atom is -0.355 e. The molecule has 3 rings (SSSR count). The van der Waals surface area contributed by atoms with Crippen molar-refractivity contribution in [2.45, 2.75) is 44.7 Å². The molecule has 38 heavy (non-hydrogen) atoms. The summed E-state index contributed by atoms with van der Waals surface area (Å²) in [5.41, 5.74) is 1.69. The largest absolute Gasteiger partial charge is 0.355 e. The molecule has 0 aliphatic heterocycles. The number of hydrogen-bond acceptors (Lipinski definition) is 4. The van der Waals surface area contributed by atoms with Crippen LogP contribution < -0.4 is 9.62 Å². The molecule has 0 radical (unpaired) electrons. The predicted molar refractivity (Wildman–Crippen MR) is 147 cm³/mol. The number of rotatable bonds is 11. The summed E-state index contributed by atoms with van der Waals surface area (Å²) in [4.78, 5) is 28.1. The summed E-state index contributed by atoms with van der Waals surface area (Å²) in [6.07, 6.45) is 0.292. The van der Waals surface area contributed by atoms with Crippen LogP contribution in [0.3, 0.4) is 0 Å². The lowest BCUT2D eigenvalue weighted by Gasteiger charge is -2.33. The van der Waals surface area contributed by atoms with Crippen LogP contribution in [0, 0.1) is 12.7 Å². The third-order valence-electron chi connectivity index (χ3n) is 5.99. The first-order chi connectivity index (χ1) is 18.1. The Labute approximate surface area is 228 Å².